The minimum atomic E-state index is -0.519. The maximum Gasteiger partial charge on any atom is 0.332 e. The molecule has 0 atom stereocenters. The summed E-state index contributed by atoms with van der Waals surface area (Å²) in [7, 11) is 2.88. The van der Waals surface area contributed by atoms with Crippen molar-refractivity contribution < 1.29 is 9.18 Å². The Labute approximate surface area is 147 Å². The Kier molecular flexibility index (Phi) is 4.45. The van der Waals surface area contributed by atoms with Crippen LogP contribution in [0.3, 0.4) is 0 Å². The summed E-state index contributed by atoms with van der Waals surface area (Å²) in [4.78, 5) is 40.5. The van der Waals surface area contributed by atoms with Crippen LogP contribution in [-0.2, 0) is 32.0 Å². The van der Waals surface area contributed by atoms with E-state index >= 15 is 0 Å². The molecular weight excluding hydrogens is 341 g/mol. The van der Waals surface area contributed by atoms with Crippen LogP contribution in [0.4, 0.5) is 4.39 Å². The number of carbonyl (C=O) groups is 1. The third-order valence-electron chi connectivity index (χ3n) is 4.26. The molecule has 0 aliphatic carbocycles. The minimum absolute atomic E-state index is 0.141. The van der Waals surface area contributed by atoms with E-state index in [1.54, 1.807) is 19.1 Å². The van der Waals surface area contributed by atoms with Gasteiger partial charge in [0.25, 0.3) is 5.56 Å². The smallest absolute Gasteiger partial charge is 0.332 e. The van der Waals surface area contributed by atoms with E-state index in [2.05, 4.69) is 10.3 Å². The molecule has 2 aromatic heterocycles. The molecule has 2 heterocycles. The normalized spacial score (nSPS) is 11.1. The van der Waals surface area contributed by atoms with Gasteiger partial charge >= 0.3 is 5.69 Å². The quantitative estimate of drug-likeness (QED) is 0.720. The lowest BCUT2D eigenvalue weighted by Crippen LogP contribution is -2.38. The van der Waals surface area contributed by atoms with E-state index in [0.717, 1.165) is 4.57 Å². The van der Waals surface area contributed by atoms with Crippen LogP contribution in [0.25, 0.3) is 11.2 Å². The first-order chi connectivity index (χ1) is 12.3. The number of amides is 1. The molecule has 26 heavy (non-hydrogen) atoms. The molecule has 0 saturated carbocycles. The highest BCUT2D eigenvalue weighted by atomic mass is 19.1. The summed E-state index contributed by atoms with van der Waals surface area (Å²) in [5.74, 6) is -0.692. The van der Waals surface area contributed by atoms with Gasteiger partial charge in [-0.15, -0.1) is 0 Å². The Hall–Kier alpha value is -3.23. The van der Waals surface area contributed by atoms with Crippen LogP contribution in [0, 0.1) is 12.7 Å². The number of nitrogens with one attached hydrogen (secondary N) is 1. The second-order valence-corrected chi connectivity index (χ2v) is 6.11. The van der Waals surface area contributed by atoms with E-state index in [0.29, 0.717) is 11.1 Å². The van der Waals surface area contributed by atoms with E-state index in [-0.39, 0.29) is 36.0 Å². The molecule has 0 saturated heterocycles. The fourth-order valence-electron chi connectivity index (χ4n) is 2.67. The average molecular weight is 359 g/mol. The van der Waals surface area contributed by atoms with Crippen LogP contribution >= 0.6 is 0 Å². The third kappa shape index (κ3) is 3.03. The molecule has 3 aromatic rings. The monoisotopic (exact) mass is 359 g/mol. The van der Waals surface area contributed by atoms with Crippen LogP contribution in [0.15, 0.2) is 34.1 Å². The highest BCUT2D eigenvalue weighted by molar-refractivity contribution is 5.78. The number of imidazole rings is 1. The Bertz CT molecular complexity index is 1130. The fraction of sp³-hybridized carbons (Fsp3) is 0.294. The third-order valence-corrected chi connectivity index (χ3v) is 4.26. The standard InChI is InChI=1S/C17H18FN5O3/c1-10-4-5-11(6-12(10)18)7-19-13(24)8-23-9-20-15-14(23)16(25)22(3)17(26)21(15)2/h4-6,9H,7-8H2,1-3H3,(H,19,24). The van der Waals surface area contributed by atoms with Crippen molar-refractivity contribution in [3.63, 3.8) is 0 Å². The number of carbonyl (C=O) groups excluding carboxylic acids is 1. The Morgan fingerprint density at radius 1 is 1.23 bits per heavy atom. The Balaban J connectivity index is 1.81. The molecule has 3 rings (SSSR count). The van der Waals surface area contributed by atoms with Gasteiger partial charge in [0.2, 0.25) is 5.91 Å². The fourth-order valence-corrected chi connectivity index (χ4v) is 2.67. The molecule has 0 spiro atoms. The number of benzene rings is 1. The summed E-state index contributed by atoms with van der Waals surface area (Å²) in [6.07, 6.45) is 1.34. The molecule has 0 bridgehead atoms. The van der Waals surface area contributed by atoms with E-state index in [9.17, 15) is 18.8 Å². The molecule has 0 radical (unpaired) electrons. The Morgan fingerprint density at radius 3 is 2.65 bits per heavy atom. The van der Waals surface area contributed by atoms with Crippen molar-refractivity contribution in [1.82, 2.24) is 24.0 Å². The highest BCUT2D eigenvalue weighted by Crippen LogP contribution is 2.09. The van der Waals surface area contributed by atoms with Gasteiger partial charge < -0.3 is 9.88 Å². The van der Waals surface area contributed by atoms with Crippen LogP contribution in [0.5, 0.6) is 0 Å². The number of hydrogen-bond donors (Lipinski definition) is 1. The highest BCUT2D eigenvalue weighted by Gasteiger charge is 2.15. The summed E-state index contributed by atoms with van der Waals surface area (Å²) in [6, 6.07) is 4.75. The van der Waals surface area contributed by atoms with Crippen molar-refractivity contribution in [1.29, 1.82) is 0 Å². The van der Waals surface area contributed by atoms with Gasteiger partial charge in [0.15, 0.2) is 11.2 Å². The topological polar surface area (TPSA) is 90.9 Å². The van der Waals surface area contributed by atoms with E-state index < -0.39 is 11.2 Å². The number of aromatic nitrogens is 4. The molecule has 0 fully saturated rings. The lowest BCUT2D eigenvalue weighted by molar-refractivity contribution is -0.121. The van der Waals surface area contributed by atoms with Crippen molar-refractivity contribution in [3.05, 3.63) is 62.3 Å². The average Bonchev–Trinajstić information content (AvgIpc) is 3.02. The molecule has 9 heteroatoms. The van der Waals surface area contributed by atoms with Crippen molar-refractivity contribution in [2.45, 2.75) is 20.0 Å². The van der Waals surface area contributed by atoms with Crippen LogP contribution in [0.2, 0.25) is 0 Å². The van der Waals surface area contributed by atoms with Gasteiger partial charge in [-0.3, -0.25) is 18.7 Å². The number of halogens is 1. The summed E-state index contributed by atoms with van der Waals surface area (Å²) in [6.45, 7) is 1.69. The number of aryl methyl sites for hydroxylation is 2. The first-order valence-electron chi connectivity index (χ1n) is 7.92. The van der Waals surface area contributed by atoms with E-state index in [1.807, 2.05) is 0 Å². The first-order valence-corrected chi connectivity index (χ1v) is 7.92. The predicted octanol–water partition coefficient (Wildman–Crippen LogP) is 0.198. The SMILES string of the molecule is Cc1ccc(CNC(=O)Cn2cnc3c2c(=O)n(C)c(=O)n3C)cc1F. The van der Waals surface area contributed by atoms with Gasteiger partial charge in [-0.05, 0) is 24.1 Å². The van der Waals surface area contributed by atoms with Crippen molar-refractivity contribution >= 4 is 17.1 Å². The van der Waals surface area contributed by atoms with Gasteiger partial charge in [0.1, 0.15) is 12.4 Å². The largest absolute Gasteiger partial charge is 0.350 e. The first kappa shape index (κ1) is 17.6. The summed E-state index contributed by atoms with van der Waals surface area (Å²) in [5.41, 5.74) is 0.548. The molecule has 8 nitrogen and oxygen atoms in total. The molecule has 1 amide bonds. The summed E-state index contributed by atoms with van der Waals surface area (Å²) < 4.78 is 17.2. The number of nitrogens with zero attached hydrogens (tertiary/aromatic N) is 4. The summed E-state index contributed by atoms with van der Waals surface area (Å²) in [5, 5.41) is 2.68. The van der Waals surface area contributed by atoms with Crippen molar-refractivity contribution in [2.75, 3.05) is 0 Å². The van der Waals surface area contributed by atoms with E-state index in [4.69, 9.17) is 0 Å². The molecule has 1 N–H and O–H groups in total. The van der Waals surface area contributed by atoms with Gasteiger partial charge in [-0.2, -0.15) is 0 Å². The van der Waals surface area contributed by atoms with Gasteiger partial charge in [-0.1, -0.05) is 12.1 Å². The van der Waals surface area contributed by atoms with Crippen molar-refractivity contribution in [2.24, 2.45) is 14.1 Å². The molecule has 0 aliphatic rings. The molecule has 0 aliphatic heterocycles. The molecule has 1 aromatic carbocycles. The number of rotatable bonds is 4. The van der Waals surface area contributed by atoms with Crippen LogP contribution in [0.1, 0.15) is 11.1 Å². The molecule has 136 valence electrons. The molecular formula is C17H18FN5O3. The maximum atomic E-state index is 13.5. The second-order valence-electron chi connectivity index (χ2n) is 6.11. The van der Waals surface area contributed by atoms with Gasteiger partial charge in [0, 0.05) is 20.6 Å². The second kappa shape index (κ2) is 6.58. The number of fused-ring (bicyclic) bond motifs is 1. The van der Waals surface area contributed by atoms with Gasteiger partial charge in [0.05, 0.1) is 6.33 Å². The maximum absolute atomic E-state index is 13.5. The zero-order chi connectivity index (χ0) is 19.0. The Morgan fingerprint density at radius 2 is 1.96 bits per heavy atom. The zero-order valence-corrected chi connectivity index (χ0v) is 14.6. The van der Waals surface area contributed by atoms with Crippen LogP contribution in [-0.4, -0.2) is 24.6 Å². The van der Waals surface area contributed by atoms with E-state index in [1.165, 1.54) is 35.6 Å². The van der Waals surface area contributed by atoms with Crippen LogP contribution < -0.4 is 16.6 Å². The minimum Gasteiger partial charge on any atom is -0.350 e. The van der Waals surface area contributed by atoms with Crippen molar-refractivity contribution in [3.8, 4) is 0 Å². The number of hydrogen-bond acceptors (Lipinski definition) is 4. The lowest BCUT2D eigenvalue weighted by Gasteiger charge is -2.08. The predicted molar refractivity (Wildman–Crippen MR) is 93.2 cm³/mol. The summed E-state index contributed by atoms with van der Waals surface area (Å²) >= 11 is 0. The molecule has 0 unspecified atom stereocenters. The van der Waals surface area contributed by atoms with Gasteiger partial charge in [-0.25, -0.2) is 14.2 Å². The zero-order valence-electron chi connectivity index (χ0n) is 14.6. The lowest BCUT2D eigenvalue weighted by atomic mass is 10.1.